The number of nitrogens with zero attached hydrogens (tertiary/aromatic N) is 5. The molecule has 0 bridgehead atoms. The van der Waals surface area contributed by atoms with Crippen molar-refractivity contribution in [2.24, 2.45) is 0 Å². The van der Waals surface area contributed by atoms with E-state index in [2.05, 4.69) is 32.0 Å². The molecule has 0 amide bonds. The Morgan fingerprint density at radius 1 is 1.12 bits per heavy atom. The molecule has 26 heavy (non-hydrogen) atoms. The average molecular weight is 347 g/mol. The first-order chi connectivity index (χ1) is 12.8. The van der Waals surface area contributed by atoms with Gasteiger partial charge in [0.15, 0.2) is 5.82 Å². The van der Waals surface area contributed by atoms with E-state index in [0.717, 1.165) is 43.1 Å². The van der Waals surface area contributed by atoms with Gasteiger partial charge in [-0.2, -0.15) is 0 Å². The van der Waals surface area contributed by atoms with E-state index < -0.39 is 0 Å². The van der Waals surface area contributed by atoms with Gasteiger partial charge >= 0.3 is 0 Å². The van der Waals surface area contributed by atoms with Crippen LogP contribution in [0.3, 0.4) is 0 Å². The summed E-state index contributed by atoms with van der Waals surface area (Å²) in [4.78, 5) is 19.7. The standard InChI is InChI=1S/C20H21N5O/c1-2-26-19-6-4-3-5-15(19)12-25-8-7-18-17(13-25)11-23-20(24-18)16-9-21-14-22-10-16/h3-6,9-11,14H,2,7-8,12-13H2,1H3. The second-order valence-electron chi connectivity index (χ2n) is 6.29. The lowest BCUT2D eigenvalue weighted by molar-refractivity contribution is 0.237. The molecule has 1 aliphatic heterocycles. The number of rotatable bonds is 5. The molecular weight excluding hydrogens is 326 g/mol. The van der Waals surface area contributed by atoms with E-state index in [1.54, 1.807) is 12.4 Å². The summed E-state index contributed by atoms with van der Waals surface area (Å²) < 4.78 is 5.75. The number of benzene rings is 1. The third kappa shape index (κ3) is 3.55. The first-order valence-electron chi connectivity index (χ1n) is 8.86. The van der Waals surface area contributed by atoms with Gasteiger partial charge in [0, 0.05) is 55.8 Å². The Morgan fingerprint density at radius 2 is 1.96 bits per heavy atom. The van der Waals surface area contributed by atoms with Gasteiger partial charge in [0.1, 0.15) is 12.1 Å². The van der Waals surface area contributed by atoms with Gasteiger partial charge in [-0.25, -0.2) is 19.9 Å². The van der Waals surface area contributed by atoms with Crippen LogP contribution in [-0.2, 0) is 19.5 Å². The molecule has 0 radical (unpaired) electrons. The molecule has 0 spiro atoms. The van der Waals surface area contributed by atoms with Crippen LogP contribution in [0.15, 0.2) is 49.2 Å². The van der Waals surface area contributed by atoms with Crippen LogP contribution in [-0.4, -0.2) is 38.0 Å². The van der Waals surface area contributed by atoms with Crippen LogP contribution >= 0.6 is 0 Å². The number of fused-ring (bicyclic) bond motifs is 1. The SMILES string of the molecule is CCOc1ccccc1CN1CCc2nc(-c3cncnc3)ncc2C1. The molecule has 3 aromatic rings. The molecule has 2 aromatic heterocycles. The maximum Gasteiger partial charge on any atom is 0.162 e. The zero-order valence-electron chi connectivity index (χ0n) is 14.8. The fraction of sp³-hybridized carbons (Fsp3) is 0.300. The highest BCUT2D eigenvalue weighted by Gasteiger charge is 2.20. The average Bonchev–Trinajstić information content (AvgIpc) is 2.70. The van der Waals surface area contributed by atoms with E-state index in [1.165, 1.54) is 17.5 Å². The Hall–Kier alpha value is -2.86. The molecule has 0 unspecified atom stereocenters. The van der Waals surface area contributed by atoms with E-state index in [-0.39, 0.29) is 0 Å². The molecule has 6 nitrogen and oxygen atoms in total. The fourth-order valence-electron chi connectivity index (χ4n) is 3.23. The fourth-order valence-corrected chi connectivity index (χ4v) is 3.23. The molecule has 0 saturated heterocycles. The van der Waals surface area contributed by atoms with Crippen LogP contribution in [0.4, 0.5) is 0 Å². The molecule has 0 aliphatic carbocycles. The van der Waals surface area contributed by atoms with Gasteiger partial charge in [-0.3, -0.25) is 4.90 Å². The topological polar surface area (TPSA) is 64.0 Å². The van der Waals surface area contributed by atoms with Gasteiger partial charge in [0.25, 0.3) is 0 Å². The number of hydrogen-bond acceptors (Lipinski definition) is 6. The van der Waals surface area contributed by atoms with Crippen molar-refractivity contribution in [2.45, 2.75) is 26.4 Å². The summed E-state index contributed by atoms with van der Waals surface area (Å²) in [7, 11) is 0. The molecule has 4 rings (SSSR count). The van der Waals surface area contributed by atoms with Crippen molar-refractivity contribution in [2.75, 3.05) is 13.2 Å². The van der Waals surface area contributed by atoms with Crippen molar-refractivity contribution in [1.82, 2.24) is 24.8 Å². The molecular formula is C20H21N5O. The summed E-state index contributed by atoms with van der Waals surface area (Å²) >= 11 is 0. The van der Waals surface area contributed by atoms with Crippen LogP contribution in [0, 0.1) is 0 Å². The van der Waals surface area contributed by atoms with E-state index in [4.69, 9.17) is 9.72 Å². The second kappa shape index (κ2) is 7.58. The maximum absolute atomic E-state index is 5.75. The van der Waals surface area contributed by atoms with E-state index in [0.29, 0.717) is 12.4 Å². The van der Waals surface area contributed by atoms with Crippen LogP contribution in [0.2, 0.25) is 0 Å². The first kappa shape index (κ1) is 16.6. The number of aromatic nitrogens is 4. The van der Waals surface area contributed by atoms with Crippen LogP contribution in [0.1, 0.15) is 23.7 Å². The van der Waals surface area contributed by atoms with Crippen molar-refractivity contribution in [3.63, 3.8) is 0 Å². The van der Waals surface area contributed by atoms with Gasteiger partial charge in [-0.1, -0.05) is 18.2 Å². The predicted molar refractivity (Wildman–Crippen MR) is 98.5 cm³/mol. The van der Waals surface area contributed by atoms with Crippen LogP contribution < -0.4 is 4.74 Å². The molecule has 0 saturated carbocycles. The van der Waals surface area contributed by atoms with Crippen molar-refractivity contribution in [3.05, 3.63) is 66.0 Å². The zero-order valence-corrected chi connectivity index (χ0v) is 14.8. The molecule has 1 aromatic carbocycles. The molecule has 0 fully saturated rings. The molecule has 6 heteroatoms. The van der Waals surface area contributed by atoms with Gasteiger partial charge < -0.3 is 4.74 Å². The van der Waals surface area contributed by atoms with Crippen molar-refractivity contribution in [3.8, 4) is 17.1 Å². The van der Waals surface area contributed by atoms with E-state index in [1.807, 2.05) is 25.3 Å². The Balaban J connectivity index is 1.50. The van der Waals surface area contributed by atoms with Gasteiger partial charge in [-0.15, -0.1) is 0 Å². The van der Waals surface area contributed by atoms with Crippen LogP contribution in [0.25, 0.3) is 11.4 Å². The third-order valence-electron chi connectivity index (χ3n) is 4.50. The molecule has 132 valence electrons. The van der Waals surface area contributed by atoms with Gasteiger partial charge in [-0.05, 0) is 13.0 Å². The highest BCUT2D eigenvalue weighted by atomic mass is 16.5. The lowest BCUT2D eigenvalue weighted by Gasteiger charge is -2.28. The number of para-hydroxylation sites is 1. The lowest BCUT2D eigenvalue weighted by atomic mass is 10.1. The second-order valence-corrected chi connectivity index (χ2v) is 6.29. The van der Waals surface area contributed by atoms with E-state index >= 15 is 0 Å². The Bertz CT molecular complexity index is 884. The summed E-state index contributed by atoms with van der Waals surface area (Å²) in [5.41, 5.74) is 4.37. The Kier molecular flexibility index (Phi) is 4.84. The summed E-state index contributed by atoms with van der Waals surface area (Å²) in [5.74, 6) is 1.66. The molecule has 3 heterocycles. The maximum atomic E-state index is 5.75. The van der Waals surface area contributed by atoms with Crippen molar-refractivity contribution < 1.29 is 4.74 Å². The monoisotopic (exact) mass is 347 g/mol. The Morgan fingerprint density at radius 3 is 2.81 bits per heavy atom. The lowest BCUT2D eigenvalue weighted by Crippen LogP contribution is -2.31. The van der Waals surface area contributed by atoms with Crippen molar-refractivity contribution >= 4 is 0 Å². The minimum atomic E-state index is 0.680. The van der Waals surface area contributed by atoms with Gasteiger partial charge in [0.2, 0.25) is 0 Å². The minimum absolute atomic E-state index is 0.680. The zero-order chi connectivity index (χ0) is 17.8. The predicted octanol–water partition coefficient (Wildman–Crippen LogP) is 2.89. The minimum Gasteiger partial charge on any atom is -0.494 e. The Labute approximate surface area is 152 Å². The van der Waals surface area contributed by atoms with Crippen molar-refractivity contribution in [1.29, 1.82) is 0 Å². The summed E-state index contributed by atoms with van der Waals surface area (Å²) in [6.45, 7) is 5.38. The highest BCUT2D eigenvalue weighted by molar-refractivity contribution is 5.52. The quantitative estimate of drug-likeness (QED) is 0.707. The van der Waals surface area contributed by atoms with Gasteiger partial charge in [0.05, 0.1) is 17.9 Å². The highest BCUT2D eigenvalue weighted by Crippen LogP contribution is 2.24. The normalized spacial score (nSPS) is 14.0. The van der Waals surface area contributed by atoms with E-state index in [9.17, 15) is 0 Å². The molecule has 0 atom stereocenters. The molecule has 0 N–H and O–H groups in total. The third-order valence-corrected chi connectivity index (χ3v) is 4.50. The summed E-state index contributed by atoms with van der Waals surface area (Å²) in [5, 5.41) is 0. The number of hydrogen-bond donors (Lipinski definition) is 0. The van der Waals surface area contributed by atoms with Crippen LogP contribution in [0.5, 0.6) is 5.75 Å². The first-order valence-corrected chi connectivity index (χ1v) is 8.86. The number of ether oxygens (including phenoxy) is 1. The largest absolute Gasteiger partial charge is 0.494 e. The summed E-state index contributed by atoms with van der Waals surface area (Å²) in [6.07, 6.45) is 7.85. The molecule has 1 aliphatic rings. The summed E-state index contributed by atoms with van der Waals surface area (Å²) in [6, 6.07) is 8.25. The smallest absolute Gasteiger partial charge is 0.162 e.